The zero-order chi connectivity index (χ0) is 18.7. The molecule has 0 saturated carbocycles. The summed E-state index contributed by atoms with van der Waals surface area (Å²) in [6.45, 7) is 4.99. The van der Waals surface area contributed by atoms with Crippen molar-refractivity contribution >= 4 is 11.9 Å². The van der Waals surface area contributed by atoms with Gasteiger partial charge in [-0.25, -0.2) is 0 Å². The molecule has 0 spiro atoms. The van der Waals surface area contributed by atoms with Crippen molar-refractivity contribution in [3.8, 4) is 0 Å². The molecule has 3 rings (SSSR count). The Morgan fingerprint density at radius 3 is 2.31 bits per heavy atom. The van der Waals surface area contributed by atoms with Crippen molar-refractivity contribution in [2.75, 3.05) is 13.1 Å². The van der Waals surface area contributed by atoms with Gasteiger partial charge in [-0.3, -0.25) is 9.59 Å². The molecule has 0 radical (unpaired) electrons. The van der Waals surface area contributed by atoms with Crippen molar-refractivity contribution in [1.82, 2.24) is 4.90 Å². The second-order valence-electron chi connectivity index (χ2n) is 7.24. The SMILES string of the molecule is Cc1ccc(C)c(CC(=O)N2CCC(C(=O)O)(c3ccccc3)CC2)c1. The summed E-state index contributed by atoms with van der Waals surface area (Å²) in [5, 5.41) is 9.87. The Labute approximate surface area is 154 Å². The van der Waals surface area contributed by atoms with Crippen molar-refractivity contribution in [3.63, 3.8) is 0 Å². The Morgan fingerprint density at radius 1 is 1.04 bits per heavy atom. The third kappa shape index (κ3) is 3.50. The van der Waals surface area contributed by atoms with E-state index in [0.717, 1.165) is 22.3 Å². The smallest absolute Gasteiger partial charge is 0.314 e. The molecule has 0 aromatic heterocycles. The largest absolute Gasteiger partial charge is 0.481 e. The molecule has 1 saturated heterocycles. The first-order valence-electron chi connectivity index (χ1n) is 9.05. The molecule has 2 aromatic rings. The van der Waals surface area contributed by atoms with E-state index in [1.165, 1.54) is 0 Å². The van der Waals surface area contributed by atoms with Gasteiger partial charge in [-0.1, -0.05) is 54.1 Å². The van der Waals surface area contributed by atoms with Crippen molar-refractivity contribution in [2.45, 2.75) is 38.5 Å². The van der Waals surface area contributed by atoms with Crippen LogP contribution in [0.25, 0.3) is 0 Å². The minimum atomic E-state index is -0.892. The molecule has 4 heteroatoms. The highest BCUT2D eigenvalue weighted by Gasteiger charge is 2.43. The second kappa shape index (κ2) is 7.32. The Balaban J connectivity index is 1.72. The first-order valence-corrected chi connectivity index (χ1v) is 9.05. The number of amides is 1. The number of carbonyl (C=O) groups excluding carboxylic acids is 1. The van der Waals surface area contributed by atoms with Gasteiger partial charge in [0.1, 0.15) is 0 Å². The third-order valence-electron chi connectivity index (χ3n) is 5.55. The summed E-state index contributed by atoms with van der Waals surface area (Å²) in [6, 6.07) is 15.5. The van der Waals surface area contributed by atoms with Gasteiger partial charge in [0.2, 0.25) is 5.91 Å². The van der Waals surface area contributed by atoms with Crippen molar-refractivity contribution in [2.24, 2.45) is 0 Å². The molecule has 1 aliphatic heterocycles. The fourth-order valence-corrected chi connectivity index (χ4v) is 3.79. The second-order valence-corrected chi connectivity index (χ2v) is 7.24. The molecule has 0 atom stereocenters. The van der Waals surface area contributed by atoms with Gasteiger partial charge in [0.25, 0.3) is 0 Å². The highest BCUT2D eigenvalue weighted by atomic mass is 16.4. The van der Waals surface area contributed by atoms with Crippen LogP contribution in [0.4, 0.5) is 0 Å². The summed E-state index contributed by atoms with van der Waals surface area (Å²) in [5.74, 6) is -0.726. The number of likely N-dealkylation sites (tertiary alicyclic amines) is 1. The lowest BCUT2D eigenvalue weighted by molar-refractivity contribution is -0.148. The van der Waals surface area contributed by atoms with Gasteiger partial charge in [-0.2, -0.15) is 0 Å². The molecule has 1 fully saturated rings. The maximum absolute atomic E-state index is 12.7. The van der Waals surface area contributed by atoms with Gasteiger partial charge in [0.15, 0.2) is 0 Å². The number of hydrogen-bond acceptors (Lipinski definition) is 2. The van der Waals surface area contributed by atoms with Crippen LogP contribution in [0, 0.1) is 13.8 Å². The molecule has 0 aliphatic carbocycles. The minimum absolute atomic E-state index is 0.0748. The fourth-order valence-electron chi connectivity index (χ4n) is 3.79. The van der Waals surface area contributed by atoms with Gasteiger partial charge in [-0.05, 0) is 43.4 Å². The molecule has 26 heavy (non-hydrogen) atoms. The van der Waals surface area contributed by atoms with Gasteiger partial charge in [0, 0.05) is 13.1 Å². The highest BCUT2D eigenvalue weighted by Crippen LogP contribution is 2.36. The predicted octanol–water partition coefficient (Wildman–Crippen LogP) is 3.49. The van der Waals surface area contributed by atoms with Crippen LogP contribution in [0.5, 0.6) is 0 Å². The van der Waals surface area contributed by atoms with E-state index >= 15 is 0 Å². The van der Waals surface area contributed by atoms with E-state index < -0.39 is 11.4 Å². The highest BCUT2D eigenvalue weighted by molar-refractivity contribution is 5.83. The number of carbonyl (C=O) groups is 2. The van der Waals surface area contributed by atoms with E-state index in [1.807, 2.05) is 61.2 Å². The first kappa shape index (κ1) is 18.2. The predicted molar refractivity (Wildman–Crippen MR) is 101 cm³/mol. The molecule has 2 aromatic carbocycles. The number of hydrogen-bond donors (Lipinski definition) is 1. The third-order valence-corrected chi connectivity index (χ3v) is 5.55. The number of aliphatic carboxylic acids is 1. The van der Waals surface area contributed by atoms with E-state index in [0.29, 0.717) is 32.4 Å². The minimum Gasteiger partial charge on any atom is -0.481 e. The summed E-state index contributed by atoms with van der Waals surface area (Å²) in [7, 11) is 0. The van der Waals surface area contributed by atoms with Crippen molar-refractivity contribution in [3.05, 3.63) is 70.8 Å². The van der Waals surface area contributed by atoms with Crippen LogP contribution in [0.3, 0.4) is 0 Å². The maximum Gasteiger partial charge on any atom is 0.314 e. The molecule has 1 amide bonds. The first-order chi connectivity index (χ1) is 12.4. The zero-order valence-corrected chi connectivity index (χ0v) is 15.4. The van der Waals surface area contributed by atoms with E-state index in [1.54, 1.807) is 0 Å². The van der Waals surface area contributed by atoms with Gasteiger partial charge in [-0.15, -0.1) is 0 Å². The summed E-state index contributed by atoms with van der Waals surface area (Å²) < 4.78 is 0. The molecule has 4 nitrogen and oxygen atoms in total. The maximum atomic E-state index is 12.7. The molecule has 0 bridgehead atoms. The lowest BCUT2D eigenvalue weighted by Crippen LogP contribution is -2.49. The number of carboxylic acid groups (broad SMARTS) is 1. The molecule has 1 heterocycles. The van der Waals surface area contributed by atoms with E-state index in [-0.39, 0.29) is 5.91 Å². The number of benzene rings is 2. The van der Waals surface area contributed by atoms with Crippen LogP contribution in [0.15, 0.2) is 48.5 Å². The average Bonchev–Trinajstić information content (AvgIpc) is 2.65. The summed E-state index contributed by atoms with van der Waals surface area (Å²) >= 11 is 0. The molecule has 136 valence electrons. The van der Waals surface area contributed by atoms with E-state index in [4.69, 9.17) is 0 Å². The number of piperidine rings is 1. The number of aryl methyl sites for hydroxylation is 2. The quantitative estimate of drug-likeness (QED) is 0.917. The van der Waals surface area contributed by atoms with Crippen LogP contribution < -0.4 is 0 Å². The Morgan fingerprint density at radius 2 is 1.69 bits per heavy atom. The Bertz CT molecular complexity index is 805. The van der Waals surface area contributed by atoms with Crippen LogP contribution >= 0.6 is 0 Å². The fraction of sp³-hybridized carbons (Fsp3) is 0.364. The lowest BCUT2D eigenvalue weighted by Gasteiger charge is -2.39. The summed E-state index contributed by atoms with van der Waals surface area (Å²) in [5.41, 5.74) is 3.25. The summed E-state index contributed by atoms with van der Waals surface area (Å²) in [6.07, 6.45) is 1.27. The van der Waals surface area contributed by atoms with Crippen LogP contribution in [-0.4, -0.2) is 35.0 Å². The van der Waals surface area contributed by atoms with Gasteiger partial charge < -0.3 is 10.0 Å². The Hall–Kier alpha value is -2.62. The van der Waals surface area contributed by atoms with Gasteiger partial charge in [0.05, 0.1) is 11.8 Å². The van der Waals surface area contributed by atoms with E-state index in [2.05, 4.69) is 6.07 Å². The molecule has 1 N–H and O–H groups in total. The average molecular weight is 351 g/mol. The topological polar surface area (TPSA) is 57.6 Å². The number of nitrogens with zero attached hydrogens (tertiary/aromatic N) is 1. The van der Waals surface area contributed by atoms with Crippen LogP contribution in [0.2, 0.25) is 0 Å². The van der Waals surface area contributed by atoms with Crippen molar-refractivity contribution < 1.29 is 14.7 Å². The van der Waals surface area contributed by atoms with Crippen molar-refractivity contribution in [1.29, 1.82) is 0 Å². The molecule has 0 unspecified atom stereocenters. The van der Waals surface area contributed by atoms with Gasteiger partial charge >= 0.3 is 5.97 Å². The van der Waals surface area contributed by atoms with Crippen LogP contribution in [-0.2, 0) is 21.4 Å². The Kier molecular flexibility index (Phi) is 5.12. The lowest BCUT2D eigenvalue weighted by atomic mass is 9.73. The monoisotopic (exact) mass is 351 g/mol. The zero-order valence-electron chi connectivity index (χ0n) is 15.4. The normalized spacial score (nSPS) is 16.3. The van der Waals surface area contributed by atoms with Crippen LogP contribution in [0.1, 0.15) is 35.1 Å². The number of rotatable bonds is 4. The number of carboxylic acids is 1. The molecular weight excluding hydrogens is 326 g/mol. The van der Waals surface area contributed by atoms with E-state index in [9.17, 15) is 14.7 Å². The summed E-state index contributed by atoms with van der Waals surface area (Å²) in [4.78, 5) is 26.6. The molecular formula is C22H25NO3. The standard InChI is InChI=1S/C22H25NO3/c1-16-8-9-17(2)18(14-16)15-20(24)23-12-10-22(11-13-23,21(25)26)19-6-4-3-5-7-19/h3-9,14H,10-13,15H2,1-2H3,(H,25,26). The molecule has 1 aliphatic rings.